The van der Waals surface area contributed by atoms with Crippen molar-refractivity contribution in [2.24, 2.45) is 0 Å². The monoisotopic (exact) mass is 348 g/mol. The first-order valence-corrected chi connectivity index (χ1v) is 7.47. The van der Waals surface area contributed by atoms with Crippen LogP contribution in [0, 0.1) is 0 Å². The van der Waals surface area contributed by atoms with E-state index >= 15 is 0 Å². The van der Waals surface area contributed by atoms with Gasteiger partial charge in [0.1, 0.15) is 6.04 Å². The van der Waals surface area contributed by atoms with E-state index in [9.17, 15) is 24.0 Å². The number of esters is 1. The summed E-state index contributed by atoms with van der Waals surface area (Å²) in [7, 11) is 0. The van der Waals surface area contributed by atoms with Gasteiger partial charge in [0.05, 0.1) is 17.7 Å². The lowest BCUT2D eigenvalue weighted by molar-refractivity contribution is -0.151. The number of nitrogens with one attached hydrogen (secondary N) is 1. The molecule has 1 aromatic rings. The highest BCUT2D eigenvalue weighted by Crippen LogP contribution is 2.24. The maximum Gasteiger partial charge on any atom is 0.413 e. The maximum absolute atomic E-state index is 12.3. The SMILES string of the molecule is CCOC(=O)NC(=O)COC(=O)[C@@H](C)N1C(=O)c2ccccc2C1=O. The third kappa shape index (κ3) is 3.82. The summed E-state index contributed by atoms with van der Waals surface area (Å²) >= 11 is 0. The normalized spacial score (nSPS) is 13.9. The molecule has 2 rings (SSSR count). The molecule has 1 atom stereocenters. The van der Waals surface area contributed by atoms with E-state index in [-0.39, 0.29) is 17.7 Å². The first-order valence-electron chi connectivity index (χ1n) is 7.47. The summed E-state index contributed by atoms with van der Waals surface area (Å²) in [6.45, 7) is 2.21. The minimum Gasteiger partial charge on any atom is -0.454 e. The van der Waals surface area contributed by atoms with E-state index in [0.717, 1.165) is 4.90 Å². The highest BCUT2D eigenvalue weighted by molar-refractivity contribution is 6.22. The molecule has 0 radical (unpaired) electrons. The number of fused-ring (bicyclic) bond motifs is 1. The zero-order valence-electron chi connectivity index (χ0n) is 13.6. The van der Waals surface area contributed by atoms with Crippen LogP contribution < -0.4 is 5.32 Å². The summed E-state index contributed by atoms with van der Waals surface area (Å²) in [5.41, 5.74) is 0.402. The van der Waals surface area contributed by atoms with Crippen LogP contribution in [0.1, 0.15) is 34.6 Å². The first kappa shape index (κ1) is 18.1. The number of hydrogen-bond acceptors (Lipinski definition) is 7. The fourth-order valence-electron chi connectivity index (χ4n) is 2.24. The molecule has 25 heavy (non-hydrogen) atoms. The zero-order chi connectivity index (χ0) is 18.6. The quantitative estimate of drug-likeness (QED) is 0.607. The zero-order valence-corrected chi connectivity index (χ0v) is 13.6. The van der Waals surface area contributed by atoms with Gasteiger partial charge in [-0.05, 0) is 26.0 Å². The molecule has 0 spiro atoms. The van der Waals surface area contributed by atoms with Crippen molar-refractivity contribution in [2.75, 3.05) is 13.2 Å². The van der Waals surface area contributed by atoms with Gasteiger partial charge in [-0.25, -0.2) is 9.59 Å². The van der Waals surface area contributed by atoms with Crippen LogP contribution in [0.15, 0.2) is 24.3 Å². The standard InChI is InChI=1S/C16H16N2O7/c1-3-24-16(23)17-12(19)8-25-15(22)9(2)18-13(20)10-6-4-5-7-11(10)14(18)21/h4-7,9H,3,8H2,1-2H3,(H,17,19,23)/t9-/m1/s1. The van der Waals surface area contributed by atoms with Gasteiger partial charge in [-0.2, -0.15) is 0 Å². The molecule has 0 unspecified atom stereocenters. The Labute approximate surface area is 142 Å². The second-order valence-electron chi connectivity index (χ2n) is 5.08. The second kappa shape index (κ2) is 7.56. The van der Waals surface area contributed by atoms with E-state index < -0.39 is 42.4 Å². The van der Waals surface area contributed by atoms with Gasteiger partial charge in [0.25, 0.3) is 17.7 Å². The van der Waals surface area contributed by atoms with Crippen molar-refractivity contribution in [1.29, 1.82) is 0 Å². The van der Waals surface area contributed by atoms with Gasteiger partial charge in [0.2, 0.25) is 0 Å². The fourth-order valence-corrected chi connectivity index (χ4v) is 2.24. The van der Waals surface area contributed by atoms with Crippen LogP contribution in [0.5, 0.6) is 0 Å². The molecule has 9 heteroatoms. The number of benzene rings is 1. The average molecular weight is 348 g/mol. The molecule has 9 nitrogen and oxygen atoms in total. The summed E-state index contributed by atoms with van der Waals surface area (Å²) in [4.78, 5) is 59.8. The molecule has 1 heterocycles. The Hall–Kier alpha value is -3.23. The molecule has 1 aliphatic rings. The number of alkyl carbamates (subject to hydrolysis) is 1. The minimum absolute atomic E-state index is 0.0790. The number of carbonyl (C=O) groups is 5. The van der Waals surface area contributed by atoms with Gasteiger partial charge in [-0.3, -0.25) is 24.6 Å². The van der Waals surface area contributed by atoms with Gasteiger partial charge in [-0.15, -0.1) is 0 Å². The Kier molecular flexibility index (Phi) is 5.48. The van der Waals surface area contributed by atoms with E-state index in [1.54, 1.807) is 19.1 Å². The van der Waals surface area contributed by atoms with E-state index in [1.807, 2.05) is 5.32 Å². The van der Waals surface area contributed by atoms with Crippen molar-refractivity contribution >= 4 is 29.8 Å². The second-order valence-corrected chi connectivity index (χ2v) is 5.08. The van der Waals surface area contributed by atoms with Crippen LogP contribution in [0.4, 0.5) is 4.79 Å². The predicted octanol–water partition coefficient (Wildman–Crippen LogP) is 0.487. The molecule has 1 aromatic carbocycles. The van der Waals surface area contributed by atoms with E-state index in [1.165, 1.54) is 19.1 Å². The van der Waals surface area contributed by atoms with E-state index in [4.69, 9.17) is 4.74 Å². The van der Waals surface area contributed by atoms with E-state index in [2.05, 4.69) is 4.74 Å². The number of nitrogens with zero attached hydrogens (tertiary/aromatic N) is 1. The lowest BCUT2D eigenvalue weighted by Gasteiger charge is -2.20. The number of rotatable bonds is 5. The summed E-state index contributed by atoms with van der Waals surface area (Å²) in [5, 5.41) is 1.85. The maximum atomic E-state index is 12.3. The van der Waals surface area contributed by atoms with Crippen LogP contribution in [-0.2, 0) is 19.1 Å². The number of amides is 4. The largest absolute Gasteiger partial charge is 0.454 e. The van der Waals surface area contributed by atoms with Crippen molar-refractivity contribution in [3.05, 3.63) is 35.4 Å². The Bertz CT molecular complexity index is 709. The minimum atomic E-state index is -1.22. The highest BCUT2D eigenvalue weighted by atomic mass is 16.6. The predicted molar refractivity (Wildman–Crippen MR) is 82.5 cm³/mol. The van der Waals surface area contributed by atoms with Gasteiger partial charge in [0, 0.05) is 0 Å². The summed E-state index contributed by atoms with van der Waals surface area (Å²) in [5.74, 6) is -3.06. The molecule has 1 N–H and O–H groups in total. The Morgan fingerprint density at radius 2 is 1.64 bits per heavy atom. The molecule has 0 bridgehead atoms. The van der Waals surface area contributed by atoms with E-state index in [0.29, 0.717) is 0 Å². The average Bonchev–Trinajstić information content (AvgIpc) is 2.84. The molecule has 0 aromatic heterocycles. The first-order chi connectivity index (χ1) is 11.9. The van der Waals surface area contributed by atoms with Crippen LogP contribution >= 0.6 is 0 Å². The summed E-state index contributed by atoms with van der Waals surface area (Å²) in [6.07, 6.45) is -0.961. The van der Waals surface area contributed by atoms with Crippen LogP contribution in [0.3, 0.4) is 0 Å². The Morgan fingerprint density at radius 1 is 1.08 bits per heavy atom. The van der Waals surface area contributed by atoms with Gasteiger partial charge >= 0.3 is 12.1 Å². The molecule has 4 amide bonds. The smallest absolute Gasteiger partial charge is 0.413 e. The lowest BCUT2D eigenvalue weighted by atomic mass is 10.1. The van der Waals surface area contributed by atoms with Crippen LogP contribution in [0.25, 0.3) is 0 Å². The fraction of sp³-hybridized carbons (Fsp3) is 0.312. The molecular formula is C16H16N2O7. The molecule has 0 fully saturated rings. The third-order valence-electron chi connectivity index (χ3n) is 3.42. The topological polar surface area (TPSA) is 119 Å². The Morgan fingerprint density at radius 3 is 2.16 bits per heavy atom. The Balaban J connectivity index is 1.95. The van der Waals surface area contributed by atoms with Gasteiger partial charge in [0.15, 0.2) is 6.61 Å². The molecule has 132 valence electrons. The number of ether oxygens (including phenoxy) is 2. The third-order valence-corrected chi connectivity index (χ3v) is 3.42. The van der Waals surface area contributed by atoms with Crippen molar-refractivity contribution < 1.29 is 33.4 Å². The molecule has 0 saturated heterocycles. The number of carbonyl (C=O) groups excluding carboxylic acids is 5. The van der Waals surface area contributed by atoms with Crippen molar-refractivity contribution in [3.63, 3.8) is 0 Å². The number of imide groups is 2. The highest BCUT2D eigenvalue weighted by Gasteiger charge is 2.41. The summed E-state index contributed by atoms with van der Waals surface area (Å²) in [6, 6.07) is 4.97. The van der Waals surface area contributed by atoms with Crippen molar-refractivity contribution in [2.45, 2.75) is 19.9 Å². The van der Waals surface area contributed by atoms with Gasteiger partial charge < -0.3 is 9.47 Å². The molecule has 0 saturated carbocycles. The lowest BCUT2D eigenvalue weighted by Crippen LogP contribution is -2.44. The van der Waals surface area contributed by atoms with Crippen molar-refractivity contribution in [1.82, 2.24) is 10.2 Å². The molecular weight excluding hydrogens is 332 g/mol. The van der Waals surface area contributed by atoms with Crippen LogP contribution in [-0.4, -0.2) is 53.9 Å². The van der Waals surface area contributed by atoms with Crippen molar-refractivity contribution in [3.8, 4) is 0 Å². The van der Waals surface area contributed by atoms with Crippen LogP contribution in [0.2, 0.25) is 0 Å². The summed E-state index contributed by atoms with van der Waals surface area (Å²) < 4.78 is 9.25. The number of hydrogen-bond donors (Lipinski definition) is 1. The molecule has 1 aliphatic heterocycles. The molecule has 0 aliphatic carbocycles. The van der Waals surface area contributed by atoms with Gasteiger partial charge in [-0.1, -0.05) is 12.1 Å².